The molecule has 0 radical (unpaired) electrons. The smallest absolute Gasteiger partial charge is 0.187 e. The second-order valence-electron chi connectivity index (χ2n) is 18.0. The average Bonchev–Trinajstić information content (AvgIpc) is 3.38. The molecule has 0 aromatic heterocycles. The minimum atomic E-state index is -2.32. The number of nitrogens with two attached hydrogens (primary N) is 1. The number of hydrogen-bond donors (Lipinski definition) is 20. The highest BCUT2D eigenvalue weighted by Gasteiger charge is 2.58. The van der Waals surface area contributed by atoms with Crippen molar-refractivity contribution in [1.29, 1.82) is 0 Å². The lowest BCUT2D eigenvalue weighted by molar-refractivity contribution is -0.412. The first-order chi connectivity index (χ1) is 34.8. The summed E-state index contributed by atoms with van der Waals surface area (Å²) in [5.41, 5.74) is 5.44. The zero-order valence-corrected chi connectivity index (χ0v) is 38.8. The average molecular weight is 1080 g/mol. The molecule has 73 heavy (non-hydrogen) atoms. The quantitative estimate of drug-likeness (QED) is 0.0448. The molecular weight excluding hydrogens is 1010 g/mol. The molecule has 0 bridgehead atoms. The SMILES string of the molecule is NCCOCCO[C@H]1OC(CO)[C@@H](O)[C@H](O)C1O[C@H]1OC(CO)[C@@H](O)[C@H](O)C1O[C@@H]1OC(CO)[C@@H](O)[C@H](O[C@H]2OC(CO)[C@@H](O)[C@H](O)C2O[C@H]2OC(CO)[C@@H](O)[C@H](O)C2O[C@@H]2OC(CO)[C@@H](O)[C@H](O)C2O)C1O. The maximum Gasteiger partial charge on any atom is 0.187 e. The molecule has 12 unspecified atom stereocenters. The van der Waals surface area contributed by atoms with Gasteiger partial charge >= 0.3 is 0 Å². The Kier molecular flexibility index (Phi) is 23.0. The van der Waals surface area contributed by atoms with E-state index in [9.17, 15) is 97.0 Å². The van der Waals surface area contributed by atoms with Gasteiger partial charge in [-0.15, -0.1) is 0 Å². The van der Waals surface area contributed by atoms with E-state index in [4.69, 9.17) is 67.3 Å². The van der Waals surface area contributed by atoms with Crippen molar-refractivity contribution < 1.29 is 159 Å². The molecular formula is C40H71NO32. The zero-order valence-electron chi connectivity index (χ0n) is 38.8. The fraction of sp³-hybridized carbons (Fsp3) is 1.00. The van der Waals surface area contributed by atoms with Crippen LogP contribution in [0.1, 0.15) is 0 Å². The van der Waals surface area contributed by atoms with Crippen LogP contribution in [0.25, 0.3) is 0 Å². The maximum absolute atomic E-state index is 11.9. The molecule has 0 saturated carbocycles. The predicted octanol–water partition coefficient (Wildman–Crippen LogP) is -14.1. The summed E-state index contributed by atoms with van der Waals surface area (Å²) in [5.74, 6) is 0. The molecule has 6 heterocycles. The minimum Gasteiger partial charge on any atom is -0.394 e. The number of aliphatic hydroxyl groups excluding tert-OH is 19. The second-order valence-corrected chi connectivity index (χ2v) is 18.0. The molecule has 0 spiro atoms. The summed E-state index contributed by atoms with van der Waals surface area (Å²) in [7, 11) is 0. The third kappa shape index (κ3) is 13.4. The number of ether oxygens (including phenoxy) is 13. The van der Waals surface area contributed by atoms with E-state index >= 15 is 0 Å². The van der Waals surface area contributed by atoms with Crippen molar-refractivity contribution in [3.05, 3.63) is 0 Å². The van der Waals surface area contributed by atoms with Gasteiger partial charge in [-0.1, -0.05) is 0 Å². The highest BCUT2D eigenvalue weighted by molar-refractivity contribution is 5.00. The van der Waals surface area contributed by atoms with Gasteiger partial charge in [0, 0.05) is 6.54 Å². The van der Waals surface area contributed by atoms with Crippen LogP contribution in [0.15, 0.2) is 0 Å². The van der Waals surface area contributed by atoms with Gasteiger partial charge in [-0.05, 0) is 0 Å². The number of rotatable bonds is 22. The van der Waals surface area contributed by atoms with E-state index in [-0.39, 0.29) is 26.4 Å². The Morgan fingerprint density at radius 1 is 0.274 bits per heavy atom. The number of hydrogen-bond acceptors (Lipinski definition) is 33. The van der Waals surface area contributed by atoms with Crippen LogP contribution in [0.4, 0.5) is 0 Å². The topological polar surface area (TPSA) is 530 Å². The van der Waals surface area contributed by atoms with E-state index < -0.39 is 224 Å². The van der Waals surface area contributed by atoms with E-state index in [1.807, 2.05) is 0 Å². The molecule has 428 valence electrons. The Bertz CT molecular complexity index is 1620. The van der Waals surface area contributed by atoms with Crippen molar-refractivity contribution in [3.8, 4) is 0 Å². The van der Waals surface area contributed by atoms with Crippen LogP contribution in [0, 0.1) is 0 Å². The fourth-order valence-electron chi connectivity index (χ4n) is 8.96. The van der Waals surface area contributed by atoms with E-state index in [0.717, 1.165) is 0 Å². The standard InChI is InChI=1S/C40H71NO32/c41-1-2-61-3-4-62-37-31(24(55)18(49)12(6-43)65-37)72-39-33(26(57)20(51)14(8-45)67-39)71-36-29(60)30(22(53)16(10-47)64-36)69-38-34(27(58)21(52)13(7-44)66-38)73-40-32(25(56)19(50)15(9-46)68-40)70-35-28(59)23(54)17(48)11(5-42)63-35/h11-40,42-60H,1-10,41H2/t11?,12?,13?,14?,15?,16?,17-,18-,19-,20-,21-,22-,23+,24+,25+,26+,27+,28?,29?,30+,31?,32?,33?,34?,35+,36+,37+,38-,39-,40-/m1/s1. The Morgan fingerprint density at radius 2 is 0.562 bits per heavy atom. The first kappa shape index (κ1) is 60.9. The molecule has 6 saturated heterocycles. The van der Waals surface area contributed by atoms with Gasteiger partial charge < -0.3 is 164 Å². The van der Waals surface area contributed by atoms with E-state index in [0.29, 0.717) is 0 Å². The monoisotopic (exact) mass is 1080 g/mol. The summed E-state index contributed by atoms with van der Waals surface area (Å²) in [6.07, 6.45) is -58.8. The molecule has 21 N–H and O–H groups in total. The molecule has 6 aliphatic rings. The summed E-state index contributed by atoms with van der Waals surface area (Å²) in [5, 5.41) is 203. The van der Waals surface area contributed by atoms with Crippen LogP contribution in [0.2, 0.25) is 0 Å². The van der Waals surface area contributed by atoms with E-state index in [1.165, 1.54) is 0 Å². The van der Waals surface area contributed by atoms with Gasteiger partial charge in [-0.3, -0.25) is 0 Å². The molecule has 0 aromatic rings. The molecule has 33 heteroatoms. The van der Waals surface area contributed by atoms with E-state index in [2.05, 4.69) is 0 Å². The van der Waals surface area contributed by atoms with Crippen molar-refractivity contribution in [2.24, 2.45) is 5.73 Å². The maximum atomic E-state index is 11.9. The summed E-state index contributed by atoms with van der Waals surface area (Å²) in [6, 6.07) is 0. The van der Waals surface area contributed by atoms with Crippen molar-refractivity contribution >= 4 is 0 Å². The normalized spacial score (nSPS) is 50.0. The van der Waals surface area contributed by atoms with Crippen molar-refractivity contribution in [1.82, 2.24) is 0 Å². The fourth-order valence-corrected chi connectivity index (χ4v) is 8.96. The Labute approximate surface area is 414 Å². The molecule has 6 aliphatic heterocycles. The predicted molar refractivity (Wildman–Crippen MR) is 223 cm³/mol. The molecule has 0 aliphatic carbocycles. The minimum absolute atomic E-state index is 0.0569. The highest BCUT2D eigenvalue weighted by Crippen LogP contribution is 2.38. The zero-order chi connectivity index (χ0) is 53.6. The van der Waals surface area contributed by atoms with Gasteiger partial charge in [-0.25, -0.2) is 0 Å². The third-order valence-electron chi connectivity index (χ3n) is 13.2. The molecule has 6 fully saturated rings. The lowest BCUT2D eigenvalue weighted by Crippen LogP contribution is -2.69. The molecule has 6 rings (SSSR count). The van der Waals surface area contributed by atoms with Crippen molar-refractivity contribution in [3.63, 3.8) is 0 Å². The van der Waals surface area contributed by atoms with Crippen LogP contribution in [-0.4, -0.2) is 347 Å². The first-order valence-electron chi connectivity index (χ1n) is 23.4. The third-order valence-corrected chi connectivity index (χ3v) is 13.2. The molecule has 0 aromatic carbocycles. The largest absolute Gasteiger partial charge is 0.394 e. The number of aliphatic hydroxyl groups is 19. The first-order valence-corrected chi connectivity index (χ1v) is 23.4. The molecule has 33 nitrogen and oxygen atoms in total. The van der Waals surface area contributed by atoms with Gasteiger partial charge in [-0.2, -0.15) is 0 Å². The lowest BCUT2D eigenvalue weighted by Gasteiger charge is -2.50. The van der Waals surface area contributed by atoms with Gasteiger partial charge in [0.1, 0.15) is 146 Å². The van der Waals surface area contributed by atoms with Crippen LogP contribution in [0.5, 0.6) is 0 Å². The van der Waals surface area contributed by atoms with E-state index in [1.54, 1.807) is 0 Å². The Balaban J connectivity index is 1.27. The molecule has 0 amide bonds. The Hall–Kier alpha value is -1.32. The van der Waals surface area contributed by atoms with Crippen LogP contribution in [-0.2, 0) is 61.6 Å². The van der Waals surface area contributed by atoms with Crippen molar-refractivity contribution in [2.45, 2.75) is 184 Å². The van der Waals surface area contributed by atoms with Gasteiger partial charge in [0.15, 0.2) is 37.7 Å². The van der Waals surface area contributed by atoms with Gasteiger partial charge in [0.25, 0.3) is 0 Å². The lowest BCUT2D eigenvalue weighted by atomic mass is 9.95. The van der Waals surface area contributed by atoms with Crippen LogP contribution in [0.3, 0.4) is 0 Å². The highest BCUT2D eigenvalue weighted by atomic mass is 16.8. The van der Waals surface area contributed by atoms with Crippen molar-refractivity contribution in [2.75, 3.05) is 66.0 Å². The summed E-state index contributed by atoms with van der Waals surface area (Å²) in [6.45, 7) is -5.74. The van der Waals surface area contributed by atoms with Crippen LogP contribution < -0.4 is 5.73 Å². The molecule has 30 atom stereocenters. The summed E-state index contributed by atoms with van der Waals surface area (Å²) >= 11 is 0. The summed E-state index contributed by atoms with van der Waals surface area (Å²) in [4.78, 5) is 0. The summed E-state index contributed by atoms with van der Waals surface area (Å²) < 4.78 is 74.2. The van der Waals surface area contributed by atoms with Crippen LogP contribution >= 0.6 is 0 Å². The van der Waals surface area contributed by atoms with Gasteiger partial charge in [0.2, 0.25) is 0 Å². The Morgan fingerprint density at radius 3 is 0.932 bits per heavy atom. The second kappa shape index (κ2) is 27.5. The van der Waals surface area contributed by atoms with Gasteiger partial charge in [0.05, 0.1) is 59.5 Å².